The molecule has 1 fully saturated rings. The Bertz CT molecular complexity index is 882. The molecule has 1 saturated heterocycles. The molecule has 3 rings (SSSR count). The molecule has 1 aliphatic rings. The fraction of sp³-hybridized carbons (Fsp3) is 0.391. The lowest BCUT2D eigenvalue weighted by Gasteiger charge is -2.34. The number of urea groups is 1. The summed E-state index contributed by atoms with van der Waals surface area (Å²) in [7, 11) is 4.78. The summed E-state index contributed by atoms with van der Waals surface area (Å²) in [6.07, 6.45) is 0. The van der Waals surface area contributed by atoms with E-state index in [1.165, 1.54) is 22.4 Å². The molecule has 0 spiro atoms. The molecule has 2 aromatic carbocycles. The van der Waals surface area contributed by atoms with Gasteiger partial charge in [0.05, 0.1) is 14.2 Å². The number of hydrogen-bond donors (Lipinski definition) is 4. The monoisotopic (exact) mass is 428 g/mol. The maximum atomic E-state index is 12.9. The van der Waals surface area contributed by atoms with Gasteiger partial charge in [-0.15, -0.1) is 0 Å². The molecular formula is C23H32N4O4+2. The van der Waals surface area contributed by atoms with Crippen LogP contribution < -0.4 is 29.9 Å². The molecule has 0 bridgehead atoms. The molecule has 8 nitrogen and oxygen atoms in total. The molecule has 1 aliphatic heterocycles. The number of carbonyl (C=O) groups is 2. The van der Waals surface area contributed by atoms with Crippen LogP contribution >= 0.6 is 0 Å². The summed E-state index contributed by atoms with van der Waals surface area (Å²) < 4.78 is 10.7. The quantitative estimate of drug-likeness (QED) is 0.465. The van der Waals surface area contributed by atoms with Crippen molar-refractivity contribution in [1.29, 1.82) is 0 Å². The first-order valence-corrected chi connectivity index (χ1v) is 10.5. The molecule has 166 valence electrons. The smallest absolute Gasteiger partial charge is 0.321 e. The molecule has 3 amide bonds. The maximum Gasteiger partial charge on any atom is 0.321 e. The first-order valence-electron chi connectivity index (χ1n) is 10.5. The van der Waals surface area contributed by atoms with Crippen LogP contribution in [0.1, 0.15) is 17.2 Å². The first-order chi connectivity index (χ1) is 15.0. The van der Waals surface area contributed by atoms with E-state index in [0.717, 1.165) is 49.8 Å². The number of ether oxygens (including phenoxy) is 2. The Hall–Kier alpha value is -3.10. The van der Waals surface area contributed by atoms with Crippen LogP contribution in [0, 0.1) is 0 Å². The summed E-state index contributed by atoms with van der Waals surface area (Å²) in [6.45, 7) is 4.42. The number of methoxy groups -OCH3 is 2. The van der Waals surface area contributed by atoms with Gasteiger partial charge in [-0.25, -0.2) is 4.79 Å². The van der Waals surface area contributed by atoms with Crippen molar-refractivity contribution in [3.63, 3.8) is 0 Å². The Morgan fingerprint density at radius 1 is 0.968 bits per heavy atom. The number of piperazine rings is 1. The highest BCUT2D eigenvalue weighted by Gasteiger charge is 2.36. The summed E-state index contributed by atoms with van der Waals surface area (Å²) in [5.74, 6) is 1.19. The van der Waals surface area contributed by atoms with Crippen molar-refractivity contribution in [2.24, 2.45) is 0 Å². The number of carbonyl (C=O) groups excluding carboxylic acids is 2. The second-order valence-corrected chi connectivity index (χ2v) is 7.69. The highest BCUT2D eigenvalue weighted by molar-refractivity contribution is 5.96. The molecule has 0 unspecified atom stereocenters. The van der Waals surface area contributed by atoms with Gasteiger partial charge >= 0.3 is 6.03 Å². The van der Waals surface area contributed by atoms with E-state index in [0.29, 0.717) is 0 Å². The van der Waals surface area contributed by atoms with Crippen molar-refractivity contribution in [1.82, 2.24) is 10.6 Å². The van der Waals surface area contributed by atoms with Crippen molar-refractivity contribution < 1.29 is 28.9 Å². The Kier molecular flexibility index (Phi) is 7.86. The van der Waals surface area contributed by atoms with Crippen LogP contribution in [0.4, 0.5) is 4.79 Å². The summed E-state index contributed by atoms with van der Waals surface area (Å²) in [6, 6.07) is 14.8. The number of imide groups is 1. The zero-order chi connectivity index (χ0) is 22.2. The van der Waals surface area contributed by atoms with Crippen LogP contribution in [0.5, 0.6) is 11.5 Å². The molecule has 1 atom stereocenters. The van der Waals surface area contributed by atoms with Crippen molar-refractivity contribution in [3.05, 3.63) is 59.7 Å². The van der Waals surface area contributed by atoms with Gasteiger partial charge in [-0.3, -0.25) is 10.1 Å². The number of quaternary nitrogens is 2. The van der Waals surface area contributed by atoms with Crippen LogP contribution in [0.2, 0.25) is 0 Å². The SMILES string of the molecule is CNC(=O)NC(=O)[C@@H](c1ccccc1)[NH+]1CC[NH+](Cc2ccc(OC)c(OC)c2)CC1. The fourth-order valence-corrected chi connectivity index (χ4v) is 4.13. The molecule has 0 aliphatic carbocycles. The summed E-state index contributed by atoms with van der Waals surface area (Å²) in [5.41, 5.74) is 2.11. The number of hydrogen-bond acceptors (Lipinski definition) is 4. The third-order valence-corrected chi connectivity index (χ3v) is 5.77. The summed E-state index contributed by atoms with van der Waals surface area (Å²) >= 11 is 0. The van der Waals surface area contributed by atoms with Gasteiger partial charge in [0.15, 0.2) is 17.5 Å². The highest BCUT2D eigenvalue weighted by atomic mass is 16.5. The summed E-state index contributed by atoms with van der Waals surface area (Å²) in [4.78, 5) is 27.2. The third kappa shape index (κ3) is 5.74. The molecule has 2 aromatic rings. The molecular weight excluding hydrogens is 396 g/mol. The lowest BCUT2D eigenvalue weighted by molar-refractivity contribution is -1.03. The van der Waals surface area contributed by atoms with Crippen LogP contribution in [0.25, 0.3) is 0 Å². The van der Waals surface area contributed by atoms with Gasteiger partial charge in [0.2, 0.25) is 0 Å². The molecule has 4 N–H and O–H groups in total. The van der Waals surface area contributed by atoms with E-state index < -0.39 is 12.1 Å². The van der Waals surface area contributed by atoms with Gasteiger partial charge in [-0.1, -0.05) is 30.3 Å². The normalized spacial score (nSPS) is 19.2. The van der Waals surface area contributed by atoms with Crippen molar-refractivity contribution in [2.45, 2.75) is 12.6 Å². The van der Waals surface area contributed by atoms with E-state index in [1.54, 1.807) is 14.2 Å². The van der Waals surface area contributed by atoms with Crippen LogP contribution in [-0.2, 0) is 11.3 Å². The third-order valence-electron chi connectivity index (χ3n) is 5.77. The largest absolute Gasteiger partial charge is 0.493 e. The molecule has 0 aromatic heterocycles. The minimum atomic E-state index is -0.483. The lowest BCUT2D eigenvalue weighted by atomic mass is 10.0. The average Bonchev–Trinajstić information content (AvgIpc) is 2.80. The molecule has 8 heteroatoms. The van der Waals surface area contributed by atoms with E-state index in [9.17, 15) is 9.59 Å². The van der Waals surface area contributed by atoms with Crippen LogP contribution in [-0.4, -0.2) is 59.4 Å². The Labute approximate surface area is 183 Å². The van der Waals surface area contributed by atoms with E-state index in [-0.39, 0.29) is 5.91 Å². The lowest BCUT2D eigenvalue weighted by Crippen LogP contribution is -3.28. The van der Waals surface area contributed by atoms with Crippen molar-refractivity contribution in [3.8, 4) is 11.5 Å². The summed E-state index contributed by atoms with van der Waals surface area (Å²) in [5, 5.41) is 4.91. The molecule has 0 radical (unpaired) electrons. The van der Waals surface area contributed by atoms with Crippen LogP contribution in [0.3, 0.4) is 0 Å². The topological polar surface area (TPSA) is 85.5 Å². The number of rotatable bonds is 7. The zero-order valence-electron chi connectivity index (χ0n) is 18.4. The Balaban J connectivity index is 1.66. The average molecular weight is 429 g/mol. The van der Waals surface area contributed by atoms with Gasteiger partial charge < -0.3 is 24.6 Å². The number of nitrogens with one attached hydrogen (secondary N) is 4. The zero-order valence-corrected chi connectivity index (χ0v) is 18.4. The second kappa shape index (κ2) is 10.8. The minimum Gasteiger partial charge on any atom is -0.493 e. The van der Waals surface area contributed by atoms with Gasteiger partial charge in [-0.05, 0) is 18.2 Å². The number of amides is 3. The van der Waals surface area contributed by atoms with Crippen molar-refractivity contribution in [2.75, 3.05) is 47.4 Å². The predicted octanol–water partition coefficient (Wildman–Crippen LogP) is -0.816. The minimum absolute atomic E-state index is 0.274. The van der Waals surface area contributed by atoms with Gasteiger partial charge in [0, 0.05) is 18.2 Å². The van der Waals surface area contributed by atoms with E-state index in [4.69, 9.17) is 9.47 Å². The first kappa shape index (κ1) is 22.6. The van der Waals surface area contributed by atoms with Gasteiger partial charge in [-0.2, -0.15) is 0 Å². The number of benzene rings is 2. The van der Waals surface area contributed by atoms with E-state index in [1.807, 2.05) is 42.5 Å². The molecule has 31 heavy (non-hydrogen) atoms. The standard InChI is InChI=1S/C23H30N4O4/c1-24-23(29)25-22(28)21(18-7-5-4-6-8-18)27-13-11-26(12-14-27)16-17-9-10-19(30-2)20(15-17)31-3/h4-10,15,21H,11-14,16H2,1-3H3,(H2,24,25,28,29)/p+2/t21-/m1/s1. The van der Waals surface area contributed by atoms with Gasteiger partial charge in [0.25, 0.3) is 5.91 Å². The van der Waals surface area contributed by atoms with Gasteiger partial charge in [0.1, 0.15) is 32.7 Å². The van der Waals surface area contributed by atoms with E-state index >= 15 is 0 Å². The predicted molar refractivity (Wildman–Crippen MR) is 116 cm³/mol. The highest BCUT2D eigenvalue weighted by Crippen LogP contribution is 2.27. The molecule has 1 heterocycles. The Morgan fingerprint density at radius 3 is 2.26 bits per heavy atom. The van der Waals surface area contributed by atoms with E-state index in [2.05, 4.69) is 16.7 Å². The van der Waals surface area contributed by atoms with Crippen LogP contribution in [0.15, 0.2) is 48.5 Å². The maximum absolute atomic E-state index is 12.9. The Morgan fingerprint density at radius 2 is 1.65 bits per heavy atom. The van der Waals surface area contributed by atoms with Crippen molar-refractivity contribution >= 4 is 11.9 Å². The second-order valence-electron chi connectivity index (χ2n) is 7.69. The fourth-order valence-electron chi connectivity index (χ4n) is 4.13. The molecule has 0 saturated carbocycles.